The van der Waals surface area contributed by atoms with Crippen LogP contribution in [0, 0.1) is 5.41 Å². The van der Waals surface area contributed by atoms with E-state index < -0.39 is 0 Å². The third kappa shape index (κ3) is 4.41. The predicted octanol–water partition coefficient (Wildman–Crippen LogP) is 3.96. The smallest absolute Gasteiger partial charge is 0.191 e. The predicted molar refractivity (Wildman–Crippen MR) is 113 cm³/mol. The summed E-state index contributed by atoms with van der Waals surface area (Å²) < 4.78 is 3.07. The fourth-order valence-corrected chi connectivity index (χ4v) is 3.45. The lowest BCUT2D eigenvalue weighted by molar-refractivity contribution is 0.131. The van der Waals surface area contributed by atoms with Gasteiger partial charge in [0.1, 0.15) is 5.65 Å². The minimum Gasteiger partial charge on any atom is -0.356 e. The SMILES string of the molecule is CCC1(CNC(=NC)NCc2cn3cc(Br)ccc3n2)CCC1.I. The van der Waals surface area contributed by atoms with Crippen LogP contribution in [-0.2, 0) is 6.54 Å². The van der Waals surface area contributed by atoms with Crippen LogP contribution in [-0.4, -0.2) is 28.9 Å². The van der Waals surface area contributed by atoms with E-state index in [1.165, 1.54) is 25.7 Å². The van der Waals surface area contributed by atoms with Gasteiger partial charge in [0, 0.05) is 30.5 Å². The molecule has 0 radical (unpaired) electrons. The number of fused-ring (bicyclic) bond motifs is 1. The monoisotopic (exact) mass is 505 g/mol. The van der Waals surface area contributed by atoms with E-state index in [4.69, 9.17) is 0 Å². The van der Waals surface area contributed by atoms with E-state index in [-0.39, 0.29) is 24.0 Å². The molecule has 2 aromatic rings. The first-order valence-corrected chi connectivity index (χ1v) is 9.01. The number of hydrogen-bond donors (Lipinski definition) is 2. The van der Waals surface area contributed by atoms with E-state index in [9.17, 15) is 0 Å². The van der Waals surface area contributed by atoms with Crippen molar-refractivity contribution in [2.24, 2.45) is 10.4 Å². The summed E-state index contributed by atoms with van der Waals surface area (Å²) in [7, 11) is 1.81. The molecule has 0 atom stereocenters. The Bertz CT molecular complexity index is 703. The highest BCUT2D eigenvalue weighted by Gasteiger charge is 2.34. The fraction of sp³-hybridized carbons (Fsp3) is 0.529. The number of aromatic nitrogens is 2. The minimum atomic E-state index is 0. The lowest BCUT2D eigenvalue weighted by Gasteiger charge is -2.41. The molecule has 1 fully saturated rings. The molecule has 132 valence electrons. The lowest BCUT2D eigenvalue weighted by atomic mass is 9.67. The Morgan fingerprint density at radius 1 is 1.33 bits per heavy atom. The second kappa shape index (κ2) is 8.51. The third-order valence-corrected chi connectivity index (χ3v) is 5.39. The molecule has 1 aliphatic rings. The highest BCUT2D eigenvalue weighted by Crippen LogP contribution is 2.42. The molecule has 3 rings (SSSR count). The van der Waals surface area contributed by atoms with E-state index in [1.807, 2.05) is 36.0 Å². The molecule has 0 amide bonds. The Hall–Kier alpha value is -0.830. The summed E-state index contributed by atoms with van der Waals surface area (Å²) in [6.07, 6.45) is 9.31. The van der Waals surface area contributed by atoms with Gasteiger partial charge in [-0.05, 0) is 52.7 Å². The maximum Gasteiger partial charge on any atom is 0.191 e. The Kier molecular flexibility index (Phi) is 6.91. The normalized spacial score (nSPS) is 16.4. The van der Waals surface area contributed by atoms with Gasteiger partial charge in [-0.2, -0.15) is 0 Å². The summed E-state index contributed by atoms with van der Waals surface area (Å²) >= 11 is 3.48. The van der Waals surface area contributed by atoms with Gasteiger partial charge < -0.3 is 15.0 Å². The number of rotatable bonds is 5. The van der Waals surface area contributed by atoms with E-state index in [1.54, 1.807) is 0 Å². The van der Waals surface area contributed by atoms with Gasteiger partial charge in [0.2, 0.25) is 0 Å². The van der Waals surface area contributed by atoms with E-state index in [0.29, 0.717) is 12.0 Å². The van der Waals surface area contributed by atoms with Crippen LogP contribution < -0.4 is 10.6 Å². The first-order valence-electron chi connectivity index (χ1n) is 8.22. The zero-order chi connectivity index (χ0) is 16.3. The Labute approximate surface area is 168 Å². The Morgan fingerprint density at radius 2 is 2.12 bits per heavy atom. The second-order valence-corrected chi connectivity index (χ2v) is 7.25. The number of pyridine rings is 1. The molecule has 0 saturated heterocycles. The van der Waals surface area contributed by atoms with E-state index >= 15 is 0 Å². The van der Waals surface area contributed by atoms with Crippen molar-refractivity contribution in [2.75, 3.05) is 13.6 Å². The maximum absolute atomic E-state index is 4.61. The van der Waals surface area contributed by atoms with Crippen molar-refractivity contribution in [1.29, 1.82) is 0 Å². The van der Waals surface area contributed by atoms with Crippen LogP contribution in [0.2, 0.25) is 0 Å². The van der Waals surface area contributed by atoms with E-state index in [0.717, 1.165) is 28.3 Å². The second-order valence-electron chi connectivity index (χ2n) is 6.33. The molecule has 1 aliphatic carbocycles. The molecule has 0 aromatic carbocycles. The summed E-state index contributed by atoms with van der Waals surface area (Å²) in [5.74, 6) is 0.850. The van der Waals surface area contributed by atoms with Gasteiger partial charge in [0.05, 0.1) is 12.2 Å². The molecule has 0 unspecified atom stereocenters. The van der Waals surface area contributed by atoms with Gasteiger partial charge in [-0.15, -0.1) is 24.0 Å². The van der Waals surface area contributed by atoms with Crippen molar-refractivity contribution in [3.05, 3.63) is 34.7 Å². The molecule has 0 aliphatic heterocycles. The van der Waals surface area contributed by atoms with Crippen LogP contribution in [0.3, 0.4) is 0 Å². The third-order valence-electron chi connectivity index (χ3n) is 4.92. The largest absolute Gasteiger partial charge is 0.356 e. The molecule has 24 heavy (non-hydrogen) atoms. The van der Waals surface area contributed by atoms with Gasteiger partial charge in [0.15, 0.2) is 5.96 Å². The van der Waals surface area contributed by atoms with Gasteiger partial charge in [0.25, 0.3) is 0 Å². The highest BCUT2D eigenvalue weighted by atomic mass is 127. The standard InChI is InChI=1S/C17H24BrN5.HI/c1-3-17(7-4-8-17)12-21-16(19-2)20-9-14-11-23-10-13(18)5-6-15(23)22-14;/h5-6,10-11H,3-4,7-9,12H2,1-2H3,(H2,19,20,21);1H. The van der Waals surface area contributed by atoms with Gasteiger partial charge in [-0.3, -0.25) is 4.99 Å². The number of nitrogens with zero attached hydrogens (tertiary/aromatic N) is 3. The lowest BCUT2D eigenvalue weighted by Crippen LogP contribution is -2.46. The molecule has 7 heteroatoms. The number of hydrogen-bond acceptors (Lipinski definition) is 2. The first-order chi connectivity index (χ1) is 11.1. The van der Waals surface area contributed by atoms with Crippen molar-refractivity contribution in [3.8, 4) is 0 Å². The fourth-order valence-electron chi connectivity index (χ4n) is 3.10. The van der Waals surface area contributed by atoms with Crippen molar-refractivity contribution in [2.45, 2.75) is 39.2 Å². The van der Waals surface area contributed by atoms with Crippen molar-refractivity contribution in [3.63, 3.8) is 0 Å². The Morgan fingerprint density at radius 3 is 2.75 bits per heavy atom. The summed E-state index contributed by atoms with van der Waals surface area (Å²) in [5, 5.41) is 6.83. The first kappa shape index (κ1) is 19.5. The number of aliphatic imine (C=N–C) groups is 1. The molecule has 2 aromatic heterocycles. The number of halogens is 2. The highest BCUT2D eigenvalue weighted by molar-refractivity contribution is 14.0. The molecular formula is C17H25BrIN5. The van der Waals surface area contributed by atoms with Crippen LogP contribution >= 0.6 is 39.9 Å². The number of guanidine groups is 1. The quantitative estimate of drug-likeness (QED) is 0.367. The van der Waals surface area contributed by atoms with Crippen molar-refractivity contribution < 1.29 is 0 Å². The Balaban J connectivity index is 0.00000208. The van der Waals surface area contributed by atoms with E-state index in [2.05, 4.69) is 43.5 Å². The summed E-state index contributed by atoms with van der Waals surface area (Å²) in [6, 6.07) is 4.01. The average Bonchev–Trinajstić information content (AvgIpc) is 2.91. The molecule has 0 bridgehead atoms. The zero-order valence-corrected chi connectivity index (χ0v) is 18.1. The summed E-state index contributed by atoms with van der Waals surface area (Å²) in [4.78, 5) is 8.93. The average molecular weight is 506 g/mol. The van der Waals surface area contributed by atoms with Crippen LogP contribution in [0.4, 0.5) is 0 Å². The van der Waals surface area contributed by atoms with Crippen LogP contribution in [0.1, 0.15) is 38.3 Å². The maximum atomic E-state index is 4.61. The minimum absolute atomic E-state index is 0. The zero-order valence-electron chi connectivity index (χ0n) is 14.2. The number of nitrogens with one attached hydrogen (secondary N) is 2. The molecule has 0 spiro atoms. The van der Waals surface area contributed by atoms with Gasteiger partial charge in [-0.1, -0.05) is 13.3 Å². The van der Waals surface area contributed by atoms with Crippen LogP contribution in [0.25, 0.3) is 5.65 Å². The van der Waals surface area contributed by atoms with Crippen molar-refractivity contribution in [1.82, 2.24) is 20.0 Å². The van der Waals surface area contributed by atoms with Crippen molar-refractivity contribution >= 4 is 51.5 Å². The van der Waals surface area contributed by atoms with Gasteiger partial charge in [-0.25, -0.2) is 4.98 Å². The summed E-state index contributed by atoms with van der Waals surface area (Å²) in [5.41, 5.74) is 2.43. The molecule has 2 N–H and O–H groups in total. The molecular weight excluding hydrogens is 481 g/mol. The van der Waals surface area contributed by atoms with Gasteiger partial charge >= 0.3 is 0 Å². The topological polar surface area (TPSA) is 53.7 Å². The van der Waals surface area contributed by atoms with Crippen LogP contribution in [0.5, 0.6) is 0 Å². The molecule has 2 heterocycles. The summed E-state index contributed by atoms with van der Waals surface area (Å²) in [6.45, 7) is 3.95. The number of imidazole rings is 1. The molecule has 1 saturated carbocycles. The molecule has 5 nitrogen and oxygen atoms in total. The van der Waals surface area contributed by atoms with Crippen LogP contribution in [0.15, 0.2) is 34.0 Å².